The smallest absolute Gasteiger partial charge is 0.186 e. The quantitative estimate of drug-likeness (QED) is 0.445. The topological polar surface area (TPSA) is 46.5 Å². The maximum Gasteiger partial charge on any atom is 0.186 e. The van der Waals surface area contributed by atoms with Crippen molar-refractivity contribution in [3.8, 4) is 0 Å². The summed E-state index contributed by atoms with van der Waals surface area (Å²) < 4.78 is 0.664. The first-order chi connectivity index (χ1) is 12.1. The summed E-state index contributed by atoms with van der Waals surface area (Å²) in [5, 5.41) is 1.63. The van der Waals surface area contributed by atoms with Gasteiger partial charge >= 0.3 is 0 Å². The fourth-order valence-corrected chi connectivity index (χ4v) is 7.58. The lowest BCUT2D eigenvalue weighted by atomic mass is 9.60. The standard InChI is InChI=1S/C20H15BrNO2S/c21-13-8-20-7-10(25-15(20)6-14(13)23)5-12-17(20)18-16-9(3-4-22-18)1-2-11(16)19(12)24/h1,8,10H,2-7H2/q-1/t10?,20-/m1/s1. The summed E-state index contributed by atoms with van der Waals surface area (Å²) in [5.41, 5.74) is 6.27. The number of thioether (sulfide) groups is 1. The van der Waals surface area contributed by atoms with Crippen LogP contribution < -0.4 is 0 Å². The molecule has 1 spiro atoms. The van der Waals surface area contributed by atoms with Crippen LogP contribution in [0.5, 0.6) is 0 Å². The summed E-state index contributed by atoms with van der Waals surface area (Å²) in [6.45, 7) is 0.800. The highest BCUT2D eigenvalue weighted by Crippen LogP contribution is 2.67. The Balaban J connectivity index is 1.64. The van der Waals surface area contributed by atoms with E-state index >= 15 is 0 Å². The molecule has 1 unspecified atom stereocenters. The lowest BCUT2D eigenvalue weighted by Gasteiger charge is -2.51. The maximum absolute atomic E-state index is 13.3. The van der Waals surface area contributed by atoms with E-state index in [-0.39, 0.29) is 17.0 Å². The second-order valence-corrected chi connectivity index (χ2v) is 9.83. The number of fused-ring (bicyclic) bond motifs is 2. The van der Waals surface area contributed by atoms with Crippen LogP contribution in [0, 0.1) is 10.7 Å². The van der Waals surface area contributed by atoms with E-state index in [2.05, 4.69) is 28.1 Å². The highest BCUT2D eigenvalue weighted by atomic mass is 79.9. The van der Waals surface area contributed by atoms with E-state index in [1.165, 1.54) is 10.8 Å². The monoisotopic (exact) mass is 412 g/mol. The fourth-order valence-electron chi connectivity index (χ4n) is 5.38. The fraction of sp³-hybridized carbons (Fsp3) is 0.400. The number of allylic oxidation sites excluding steroid dienone is 7. The Bertz CT molecular complexity index is 951. The van der Waals surface area contributed by atoms with Crippen molar-refractivity contribution < 1.29 is 9.59 Å². The summed E-state index contributed by atoms with van der Waals surface area (Å²) in [7, 11) is 0. The van der Waals surface area contributed by atoms with Gasteiger partial charge in [-0.1, -0.05) is 24.0 Å². The third-order valence-electron chi connectivity index (χ3n) is 6.34. The van der Waals surface area contributed by atoms with Crippen molar-refractivity contribution in [2.75, 3.05) is 6.54 Å². The average Bonchev–Trinajstić information content (AvgIpc) is 3.13. The van der Waals surface area contributed by atoms with Crippen molar-refractivity contribution in [2.45, 2.75) is 37.4 Å². The van der Waals surface area contributed by atoms with Crippen LogP contribution in [0.25, 0.3) is 0 Å². The van der Waals surface area contributed by atoms with Gasteiger partial charge in [0.25, 0.3) is 0 Å². The lowest BCUT2D eigenvalue weighted by molar-refractivity contribution is -0.115. The zero-order valence-corrected chi connectivity index (χ0v) is 15.9. The highest BCUT2D eigenvalue weighted by molar-refractivity contribution is 9.12. The van der Waals surface area contributed by atoms with Gasteiger partial charge in [-0.05, 0) is 51.6 Å². The van der Waals surface area contributed by atoms with Crippen LogP contribution in [0.4, 0.5) is 0 Å². The van der Waals surface area contributed by atoms with Gasteiger partial charge in [0, 0.05) is 23.3 Å². The number of ketones is 2. The number of nitrogens with zero attached hydrogens (tertiary/aromatic N) is 1. The maximum atomic E-state index is 13.3. The Hall–Kier alpha value is -1.20. The van der Waals surface area contributed by atoms with Crippen LogP contribution in [0.2, 0.25) is 0 Å². The molecule has 2 bridgehead atoms. The second-order valence-electron chi connectivity index (χ2n) is 7.58. The molecule has 0 N–H and O–H groups in total. The lowest BCUT2D eigenvalue weighted by Crippen LogP contribution is -2.41. The predicted molar refractivity (Wildman–Crippen MR) is 102 cm³/mol. The van der Waals surface area contributed by atoms with E-state index in [0.717, 1.165) is 60.2 Å². The molecular weight excluding hydrogens is 398 g/mol. The van der Waals surface area contributed by atoms with Crippen LogP contribution in [0.15, 0.2) is 49.5 Å². The summed E-state index contributed by atoms with van der Waals surface area (Å²) >= 11 is 5.32. The first-order valence-corrected chi connectivity index (χ1v) is 10.5. The van der Waals surface area contributed by atoms with E-state index in [9.17, 15) is 9.59 Å². The SMILES string of the molecule is O=C1C[C-]2SC3CC4=C(C5=NCCC6=CCC(=C65)C4=O)[C@@]2(C=C1Br)C3. The highest BCUT2D eigenvalue weighted by Gasteiger charge is 2.52. The zero-order chi connectivity index (χ0) is 16.9. The molecule has 2 heterocycles. The number of carbonyl (C=O) groups is 2. The molecule has 3 nitrogen and oxygen atoms in total. The molecule has 2 aliphatic heterocycles. The molecule has 25 heavy (non-hydrogen) atoms. The molecule has 2 atom stereocenters. The molecule has 1 saturated heterocycles. The molecule has 0 aromatic heterocycles. The van der Waals surface area contributed by atoms with Crippen molar-refractivity contribution in [2.24, 2.45) is 10.4 Å². The van der Waals surface area contributed by atoms with Gasteiger partial charge in [0.05, 0.1) is 10.2 Å². The molecular formula is C20H15BrNO2S-. The molecule has 0 radical (unpaired) electrons. The van der Waals surface area contributed by atoms with Crippen molar-refractivity contribution in [3.63, 3.8) is 0 Å². The Morgan fingerprint density at radius 2 is 2.20 bits per heavy atom. The zero-order valence-electron chi connectivity index (χ0n) is 13.5. The van der Waals surface area contributed by atoms with Crippen LogP contribution in [-0.4, -0.2) is 29.1 Å². The molecule has 6 aliphatic rings. The first-order valence-electron chi connectivity index (χ1n) is 8.79. The van der Waals surface area contributed by atoms with Crippen molar-refractivity contribution in [3.05, 3.63) is 49.7 Å². The van der Waals surface area contributed by atoms with Gasteiger partial charge in [0.1, 0.15) is 5.78 Å². The van der Waals surface area contributed by atoms with E-state index < -0.39 is 0 Å². The molecule has 0 aromatic rings. The molecule has 0 amide bonds. The minimum Gasteiger partial charge on any atom is -0.343 e. The number of hydrogen-bond donors (Lipinski definition) is 0. The van der Waals surface area contributed by atoms with Crippen molar-refractivity contribution in [1.29, 1.82) is 0 Å². The van der Waals surface area contributed by atoms with Crippen LogP contribution >= 0.6 is 27.7 Å². The Morgan fingerprint density at radius 1 is 1.32 bits per heavy atom. The van der Waals surface area contributed by atoms with E-state index in [4.69, 9.17) is 4.99 Å². The van der Waals surface area contributed by atoms with Gasteiger partial charge in [-0.25, -0.2) is 5.25 Å². The van der Waals surface area contributed by atoms with Gasteiger partial charge in [-0.2, -0.15) is 0 Å². The second kappa shape index (κ2) is 4.74. The van der Waals surface area contributed by atoms with Gasteiger partial charge in [-0.15, -0.1) is 6.42 Å². The summed E-state index contributed by atoms with van der Waals surface area (Å²) in [5.74, 6) is 0.390. The van der Waals surface area contributed by atoms with Crippen molar-refractivity contribution >= 4 is 45.0 Å². The van der Waals surface area contributed by atoms with Crippen molar-refractivity contribution in [1.82, 2.24) is 0 Å². The number of rotatable bonds is 0. The van der Waals surface area contributed by atoms with Gasteiger partial charge in [0.2, 0.25) is 0 Å². The van der Waals surface area contributed by atoms with Gasteiger partial charge in [0.15, 0.2) is 5.78 Å². The van der Waals surface area contributed by atoms with Crippen LogP contribution in [-0.2, 0) is 9.59 Å². The molecule has 4 aliphatic carbocycles. The van der Waals surface area contributed by atoms with Gasteiger partial charge in [-0.3, -0.25) is 14.6 Å². The normalized spacial score (nSPS) is 36.0. The number of Topliss-reactive ketones (excluding diaryl/α,β-unsaturated/α-hetero) is 2. The molecule has 6 rings (SSSR count). The first kappa shape index (κ1) is 14.9. The predicted octanol–water partition coefficient (Wildman–Crippen LogP) is 4.02. The summed E-state index contributed by atoms with van der Waals surface area (Å²) in [4.78, 5) is 30.5. The third-order valence-corrected chi connectivity index (χ3v) is 8.48. The third kappa shape index (κ3) is 1.72. The Kier molecular flexibility index (Phi) is 2.83. The van der Waals surface area contributed by atoms with Crippen LogP contribution in [0.3, 0.4) is 0 Å². The largest absolute Gasteiger partial charge is 0.343 e. The molecule has 126 valence electrons. The molecule has 0 saturated carbocycles. The molecule has 5 heteroatoms. The van der Waals surface area contributed by atoms with Crippen LogP contribution in [0.1, 0.15) is 32.1 Å². The summed E-state index contributed by atoms with van der Waals surface area (Å²) in [6, 6.07) is 0. The molecule has 1 fully saturated rings. The number of aliphatic imine (C=N–C) groups is 1. The average molecular weight is 413 g/mol. The van der Waals surface area contributed by atoms with Gasteiger partial charge < -0.3 is 11.8 Å². The Labute approximate surface area is 158 Å². The van der Waals surface area contributed by atoms with E-state index in [1.807, 2.05) is 11.8 Å². The number of carbonyl (C=O) groups excluding carboxylic acids is 2. The minimum absolute atomic E-state index is 0.150. The number of halogens is 1. The Morgan fingerprint density at radius 3 is 3.08 bits per heavy atom. The minimum atomic E-state index is -0.284. The summed E-state index contributed by atoms with van der Waals surface area (Å²) in [6.07, 6.45) is 8.29. The number of hydrogen-bond acceptors (Lipinski definition) is 4. The molecule has 0 aromatic carbocycles. The van der Waals surface area contributed by atoms with E-state index in [1.54, 1.807) is 0 Å². The van der Waals surface area contributed by atoms with E-state index in [0.29, 0.717) is 16.2 Å².